The Morgan fingerprint density at radius 1 is 0.947 bits per heavy atom. The predicted octanol–water partition coefficient (Wildman–Crippen LogP) is 5.28. The lowest BCUT2D eigenvalue weighted by atomic mass is 10.1. The second-order valence-corrected chi connectivity index (χ2v) is 11.8. The van der Waals surface area contributed by atoms with Crippen LogP contribution >= 0.6 is 23.2 Å². The van der Waals surface area contributed by atoms with Gasteiger partial charge in [0, 0.05) is 13.6 Å². The molecule has 3 aromatic carbocycles. The number of hydrogen-bond donors (Lipinski definition) is 1. The molecule has 0 bridgehead atoms. The number of likely N-dealkylation sites (N-methyl/N-ethyl adjacent to an activating group) is 1. The molecule has 3 aromatic rings. The van der Waals surface area contributed by atoms with Crippen LogP contribution in [0.3, 0.4) is 0 Å². The molecule has 0 heterocycles. The standard InChI is InChI=1S/C28H31Cl2N3O4S/c1-18-9-12-23(13-10-18)38(36,37)33(26-8-6-7-19(2)20(26)3)17-27(34)32(21(4)28(35)31-5)16-22-11-14-24(29)25(30)15-22/h6-15,21H,16-17H2,1-5H3,(H,31,35)/t21-/m1/s1. The van der Waals surface area contributed by atoms with E-state index in [2.05, 4.69) is 5.32 Å². The van der Waals surface area contributed by atoms with E-state index in [1.165, 1.54) is 24.1 Å². The first-order valence-electron chi connectivity index (χ1n) is 12.0. The van der Waals surface area contributed by atoms with E-state index in [1.807, 2.05) is 26.8 Å². The lowest BCUT2D eigenvalue weighted by Gasteiger charge is -2.32. The third-order valence-corrected chi connectivity index (χ3v) is 9.00. The van der Waals surface area contributed by atoms with Crippen molar-refractivity contribution in [3.63, 3.8) is 0 Å². The van der Waals surface area contributed by atoms with Gasteiger partial charge < -0.3 is 10.2 Å². The number of carbonyl (C=O) groups is 2. The molecule has 1 atom stereocenters. The number of nitrogens with one attached hydrogen (secondary N) is 1. The van der Waals surface area contributed by atoms with Crippen LogP contribution in [0, 0.1) is 20.8 Å². The Balaban J connectivity index is 2.08. The Labute approximate surface area is 234 Å². The minimum Gasteiger partial charge on any atom is -0.357 e. The van der Waals surface area contributed by atoms with Crippen LogP contribution in [-0.4, -0.2) is 44.8 Å². The number of sulfonamides is 1. The molecule has 0 spiro atoms. The van der Waals surface area contributed by atoms with E-state index >= 15 is 0 Å². The van der Waals surface area contributed by atoms with E-state index in [9.17, 15) is 18.0 Å². The van der Waals surface area contributed by atoms with Gasteiger partial charge in [-0.2, -0.15) is 0 Å². The van der Waals surface area contributed by atoms with Crippen molar-refractivity contribution >= 4 is 50.7 Å². The summed E-state index contributed by atoms with van der Waals surface area (Å²) in [5.41, 5.74) is 3.55. The van der Waals surface area contributed by atoms with Gasteiger partial charge >= 0.3 is 0 Å². The van der Waals surface area contributed by atoms with Gasteiger partial charge in [-0.25, -0.2) is 8.42 Å². The average Bonchev–Trinajstić information content (AvgIpc) is 2.88. The van der Waals surface area contributed by atoms with Crippen molar-refractivity contribution in [3.05, 3.63) is 93.0 Å². The lowest BCUT2D eigenvalue weighted by molar-refractivity contribution is -0.139. The number of nitrogens with zero attached hydrogens (tertiary/aromatic N) is 2. The van der Waals surface area contributed by atoms with Gasteiger partial charge in [-0.3, -0.25) is 13.9 Å². The van der Waals surface area contributed by atoms with Gasteiger partial charge in [0.2, 0.25) is 11.8 Å². The van der Waals surface area contributed by atoms with E-state index in [-0.39, 0.29) is 11.4 Å². The van der Waals surface area contributed by atoms with E-state index in [0.717, 1.165) is 21.0 Å². The summed E-state index contributed by atoms with van der Waals surface area (Å²) in [6.45, 7) is 6.65. The van der Waals surface area contributed by atoms with E-state index < -0.39 is 34.4 Å². The molecule has 0 aliphatic heterocycles. The fourth-order valence-corrected chi connectivity index (χ4v) is 5.78. The molecule has 0 unspecified atom stereocenters. The molecule has 0 aliphatic rings. The topological polar surface area (TPSA) is 86.8 Å². The summed E-state index contributed by atoms with van der Waals surface area (Å²) in [4.78, 5) is 27.8. The number of halogens is 2. The molecule has 2 amide bonds. The highest BCUT2D eigenvalue weighted by atomic mass is 35.5. The zero-order valence-corrected chi connectivity index (χ0v) is 24.3. The smallest absolute Gasteiger partial charge is 0.264 e. The summed E-state index contributed by atoms with van der Waals surface area (Å²) < 4.78 is 28.9. The molecule has 0 saturated carbocycles. The van der Waals surface area contributed by atoms with Crippen LogP contribution in [0.5, 0.6) is 0 Å². The maximum Gasteiger partial charge on any atom is 0.264 e. The highest BCUT2D eigenvalue weighted by Crippen LogP contribution is 2.30. The van der Waals surface area contributed by atoms with Crippen molar-refractivity contribution in [2.45, 2.75) is 45.2 Å². The third-order valence-electron chi connectivity index (χ3n) is 6.48. The maximum absolute atomic E-state index is 13.9. The molecule has 0 aromatic heterocycles. The van der Waals surface area contributed by atoms with Crippen LogP contribution in [0.4, 0.5) is 5.69 Å². The molecule has 0 saturated heterocycles. The van der Waals surface area contributed by atoms with Crippen LogP contribution in [0.2, 0.25) is 10.0 Å². The Hall–Kier alpha value is -3.07. The summed E-state index contributed by atoms with van der Waals surface area (Å²) in [6, 6.07) is 15.8. The van der Waals surface area contributed by atoms with Gasteiger partial charge in [-0.15, -0.1) is 0 Å². The van der Waals surface area contributed by atoms with Crippen molar-refractivity contribution in [1.29, 1.82) is 0 Å². The maximum atomic E-state index is 13.9. The van der Waals surface area contributed by atoms with Gasteiger partial charge in [0.25, 0.3) is 10.0 Å². The normalized spacial score (nSPS) is 12.1. The Kier molecular flexibility index (Phi) is 9.46. The minimum atomic E-state index is -4.13. The van der Waals surface area contributed by atoms with Crippen molar-refractivity contribution in [2.75, 3.05) is 17.9 Å². The number of benzene rings is 3. The first-order chi connectivity index (χ1) is 17.9. The number of aryl methyl sites for hydroxylation is 2. The van der Waals surface area contributed by atoms with E-state index in [0.29, 0.717) is 21.3 Å². The molecule has 202 valence electrons. The lowest BCUT2D eigenvalue weighted by Crippen LogP contribution is -2.50. The van der Waals surface area contributed by atoms with E-state index in [1.54, 1.807) is 49.4 Å². The molecule has 1 N–H and O–H groups in total. The number of hydrogen-bond acceptors (Lipinski definition) is 4. The monoisotopic (exact) mass is 575 g/mol. The number of carbonyl (C=O) groups excluding carboxylic acids is 2. The molecular formula is C28H31Cl2N3O4S. The molecule has 7 nitrogen and oxygen atoms in total. The van der Waals surface area contributed by atoms with Crippen LogP contribution < -0.4 is 9.62 Å². The first kappa shape index (κ1) is 29.5. The number of anilines is 1. The third kappa shape index (κ3) is 6.49. The van der Waals surface area contributed by atoms with Crippen LogP contribution in [0.25, 0.3) is 0 Å². The highest BCUT2D eigenvalue weighted by molar-refractivity contribution is 7.92. The molecule has 38 heavy (non-hydrogen) atoms. The quantitative estimate of drug-likeness (QED) is 0.376. The average molecular weight is 577 g/mol. The Bertz CT molecular complexity index is 1440. The van der Waals surface area contributed by atoms with E-state index in [4.69, 9.17) is 23.2 Å². The summed E-state index contributed by atoms with van der Waals surface area (Å²) in [6.07, 6.45) is 0. The molecule has 0 radical (unpaired) electrons. The Morgan fingerprint density at radius 3 is 2.21 bits per heavy atom. The Morgan fingerprint density at radius 2 is 1.61 bits per heavy atom. The zero-order chi connectivity index (χ0) is 28.2. The van der Waals surface area contributed by atoms with Gasteiger partial charge in [0.1, 0.15) is 12.6 Å². The largest absolute Gasteiger partial charge is 0.357 e. The van der Waals surface area contributed by atoms with Crippen molar-refractivity contribution in [2.24, 2.45) is 0 Å². The molecule has 0 aliphatic carbocycles. The van der Waals surface area contributed by atoms with Crippen molar-refractivity contribution in [3.8, 4) is 0 Å². The van der Waals surface area contributed by atoms with Gasteiger partial charge in [-0.1, -0.05) is 59.1 Å². The molecule has 10 heteroatoms. The molecule has 0 fully saturated rings. The predicted molar refractivity (Wildman–Crippen MR) is 152 cm³/mol. The summed E-state index contributed by atoms with van der Waals surface area (Å²) in [7, 11) is -2.65. The zero-order valence-electron chi connectivity index (χ0n) is 22.0. The number of amides is 2. The van der Waals surface area contributed by atoms with Gasteiger partial charge in [0.05, 0.1) is 20.6 Å². The van der Waals surface area contributed by atoms with Crippen LogP contribution in [0.15, 0.2) is 65.6 Å². The van der Waals surface area contributed by atoms with Crippen molar-refractivity contribution in [1.82, 2.24) is 10.2 Å². The van der Waals surface area contributed by atoms with Gasteiger partial charge in [-0.05, 0) is 74.7 Å². The second kappa shape index (κ2) is 12.2. The first-order valence-corrected chi connectivity index (χ1v) is 14.2. The fraction of sp³-hybridized carbons (Fsp3) is 0.286. The summed E-state index contributed by atoms with van der Waals surface area (Å²) in [5.74, 6) is -0.943. The highest BCUT2D eigenvalue weighted by Gasteiger charge is 2.33. The molecular weight excluding hydrogens is 545 g/mol. The minimum absolute atomic E-state index is 0.0233. The summed E-state index contributed by atoms with van der Waals surface area (Å²) in [5, 5.41) is 3.23. The van der Waals surface area contributed by atoms with Crippen molar-refractivity contribution < 1.29 is 18.0 Å². The fourth-order valence-electron chi connectivity index (χ4n) is 3.98. The van der Waals surface area contributed by atoms with Gasteiger partial charge in [0.15, 0.2) is 0 Å². The molecule has 3 rings (SSSR count). The SMILES string of the molecule is CNC(=O)[C@@H](C)N(Cc1ccc(Cl)c(Cl)c1)C(=O)CN(c1cccc(C)c1C)S(=O)(=O)c1ccc(C)cc1. The van der Waals surface area contributed by atoms with Crippen LogP contribution in [0.1, 0.15) is 29.2 Å². The second-order valence-electron chi connectivity index (χ2n) is 9.10. The van der Waals surface area contributed by atoms with Crippen LogP contribution in [-0.2, 0) is 26.2 Å². The number of rotatable bonds is 9. The summed E-state index contributed by atoms with van der Waals surface area (Å²) >= 11 is 12.2.